The van der Waals surface area contributed by atoms with Crippen LogP contribution in [0, 0.1) is 6.92 Å². The Morgan fingerprint density at radius 2 is 2.06 bits per heavy atom. The number of anilines is 1. The van der Waals surface area contributed by atoms with Crippen LogP contribution in [0.4, 0.5) is 5.69 Å². The van der Waals surface area contributed by atoms with Gasteiger partial charge >= 0.3 is 0 Å². The van der Waals surface area contributed by atoms with Crippen molar-refractivity contribution in [2.75, 3.05) is 5.73 Å². The first kappa shape index (κ1) is 11.4. The first-order valence-electron chi connectivity index (χ1n) is 4.74. The third-order valence-electron chi connectivity index (χ3n) is 2.34. The van der Waals surface area contributed by atoms with Crippen molar-refractivity contribution in [3.63, 3.8) is 0 Å². The van der Waals surface area contributed by atoms with Gasteiger partial charge in [0.25, 0.3) is 0 Å². The zero-order valence-corrected chi connectivity index (χ0v) is 11.1. The summed E-state index contributed by atoms with van der Waals surface area (Å²) >= 11 is 4.77. The van der Waals surface area contributed by atoms with Gasteiger partial charge in [-0.1, -0.05) is 12.1 Å². The third-order valence-corrected chi connectivity index (χ3v) is 3.96. The second kappa shape index (κ2) is 4.39. The van der Waals surface area contributed by atoms with Crippen molar-refractivity contribution in [3.05, 3.63) is 50.1 Å². The molecule has 0 saturated heterocycles. The van der Waals surface area contributed by atoms with Crippen LogP contribution in [0.5, 0.6) is 0 Å². The maximum Gasteiger partial charge on any atom is 0.203 e. The van der Waals surface area contributed by atoms with Gasteiger partial charge in [0, 0.05) is 11.3 Å². The zero-order valence-electron chi connectivity index (χ0n) is 8.66. The lowest BCUT2D eigenvalue weighted by molar-refractivity contribution is 0.104. The standard InChI is InChI=1S/C12H10BrNOS/c1-7-2-3-8(6-9(7)14)12(15)10-4-5-11(13)16-10/h2-6H,14H2,1H3. The predicted octanol–water partition coefficient (Wildman–Crippen LogP) is 3.63. The van der Waals surface area contributed by atoms with E-state index in [0.29, 0.717) is 11.3 Å². The molecule has 0 amide bonds. The molecule has 4 heteroatoms. The van der Waals surface area contributed by atoms with Gasteiger partial charge < -0.3 is 5.73 Å². The minimum absolute atomic E-state index is 0.0161. The lowest BCUT2D eigenvalue weighted by atomic mass is 10.1. The van der Waals surface area contributed by atoms with E-state index in [0.717, 1.165) is 14.2 Å². The van der Waals surface area contributed by atoms with Crippen LogP contribution in [0.1, 0.15) is 20.8 Å². The summed E-state index contributed by atoms with van der Waals surface area (Å²) in [7, 11) is 0. The van der Waals surface area contributed by atoms with Crippen LogP contribution in [0.3, 0.4) is 0 Å². The van der Waals surface area contributed by atoms with Gasteiger partial charge in [-0.25, -0.2) is 0 Å². The van der Waals surface area contributed by atoms with Crippen LogP contribution in [0.25, 0.3) is 0 Å². The molecule has 2 nitrogen and oxygen atoms in total. The van der Waals surface area contributed by atoms with E-state index in [1.807, 2.05) is 31.2 Å². The number of halogens is 1. The van der Waals surface area contributed by atoms with E-state index in [9.17, 15) is 4.79 Å². The van der Waals surface area contributed by atoms with E-state index < -0.39 is 0 Å². The molecule has 0 aliphatic heterocycles. The molecule has 0 aliphatic rings. The summed E-state index contributed by atoms with van der Waals surface area (Å²) in [6.45, 7) is 1.92. The third kappa shape index (κ3) is 2.18. The number of thiophene rings is 1. The summed E-state index contributed by atoms with van der Waals surface area (Å²) in [5.74, 6) is 0.0161. The average molecular weight is 296 g/mol. The van der Waals surface area contributed by atoms with E-state index in [-0.39, 0.29) is 5.78 Å². The van der Waals surface area contributed by atoms with Crippen LogP contribution in [0.15, 0.2) is 34.1 Å². The van der Waals surface area contributed by atoms with Gasteiger partial charge in [0.1, 0.15) is 0 Å². The molecule has 0 bridgehead atoms. The Bertz CT molecular complexity index is 548. The highest BCUT2D eigenvalue weighted by Crippen LogP contribution is 2.25. The fourth-order valence-electron chi connectivity index (χ4n) is 1.36. The van der Waals surface area contributed by atoms with Crippen LogP contribution in [-0.2, 0) is 0 Å². The number of hydrogen-bond donors (Lipinski definition) is 1. The summed E-state index contributed by atoms with van der Waals surface area (Å²) < 4.78 is 0.955. The molecule has 82 valence electrons. The Morgan fingerprint density at radius 3 is 2.62 bits per heavy atom. The number of benzene rings is 1. The number of hydrogen-bond acceptors (Lipinski definition) is 3. The number of nitrogens with two attached hydrogens (primary N) is 1. The fourth-order valence-corrected chi connectivity index (χ4v) is 2.71. The summed E-state index contributed by atoms with van der Waals surface area (Å²) in [5, 5.41) is 0. The number of nitrogen functional groups attached to an aromatic ring is 1. The lowest BCUT2D eigenvalue weighted by Crippen LogP contribution is -2.00. The molecular weight excluding hydrogens is 286 g/mol. The Morgan fingerprint density at radius 1 is 1.31 bits per heavy atom. The van der Waals surface area contributed by atoms with E-state index >= 15 is 0 Å². The van der Waals surface area contributed by atoms with E-state index in [1.54, 1.807) is 6.07 Å². The van der Waals surface area contributed by atoms with E-state index in [4.69, 9.17) is 5.73 Å². The van der Waals surface area contributed by atoms with Gasteiger partial charge in [-0.3, -0.25) is 4.79 Å². The van der Waals surface area contributed by atoms with Crippen molar-refractivity contribution in [3.8, 4) is 0 Å². The van der Waals surface area contributed by atoms with Gasteiger partial charge in [0.2, 0.25) is 5.78 Å². The first-order chi connectivity index (χ1) is 7.58. The minimum Gasteiger partial charge on any atom is -0.398 e. The first-order valence-corrected chi connectivity index (χ1v) is 6.35. The molecule has 0 radical (unpaired) electrons. The van der Waals surface area contributed by atoms with Crippen molar-refractivity contribution in [1.82, 2.24) is 0 Å². The molecule has 2 aromatic rings. The number of carbonyl (C=O) groups is 1. The summed E-state index contributed by atoms with van der Waals surface area (Å²) in [6.07, 6.45) is 0. The topological polar surface area (TPSA) is 43.1 Å². The molecule has 0 atom stereocenters. The van der Waals surface area contributed by atoms with Crippen molar-refractivity contribution >= 4 is 38.7 Å². The smallest absolute Gasteiger partial charge is 0.203 e. The van der Waals surface area contributed by atoms with Gasteiger partial charge in [-0.05, 0) is 46.6 Å². The largest absolute Gasteiger partial charge is 0.398 e. The molecule has 16 heavy (non-hydrogen) atoms. The maximum absolute atomic E-state index is 12.1. The van der Waals surface area contributed by atoms with Crippen molar-refractivity contribution in [2.45, 2.75) is 6.92 Å². The van der Waals surface area contributed by atoms with E-state index in [1.165, 1.54) is 11.3 Å². The van der Waals surface area contributed by atoms with Crippen LogP contribution >= 0.6 is 27.3 Å². The molecule has 0 saturated carbocycles. The maximum atomic E-state index is 12.1. The Balaban J connectivity index is 2.38. The number of aryl methyl sites for hydroxylation is 1. The number of carbonyl (C=O) groups excluding carboxylic acids is 1. The summed E-state index contributed by atoms with van der Waals surface area (Å²) in [4.78, 5) is 12.8. The van der Waals surface area contributed by atoms with Crippen LogP contribution in [-0.4, -0.2) is 5.78 Å². The summed E-state index contributed by atoms with van der Waals surface area (Å²) in [5.41, 5.74) is 8.06. The molecular formula is C12H10BrNOS. The lowest BCUT2D eigenvalue weighted by Gasteiger charge is -2.02. The molecule has 1 heterocycles. The highest BCUT2D eigenvalue weighted by molar-refractivity contribution is 9.11. The van der Waals surface area contributed by atoms with Crippen molar-refractivity contribution in [1.29, 1.82) is 0 Å². The second-order valence-electron chi connectivity index (χ2n) is 3.50. The zero-order chi connectivity index (χ0) is 11.7. The highest BCUT2D eigenvalue weighted by atomic mass is 79.9. The van der Waals surface area contributed by atoms with Gasteiger partial charge in [0.15, 0.2) is 0 Å². The second-order valence-corrected chi connectivity index (χ2v) is 5.97. The molecule has 0 spiro atoms. The van der Waals surface area contributed by atoms with Crippen molar-refractivity contribution in [2.24, 2.45) is 0 Å². The molecule has 0 fully saturated rings. The van der Waals surface area contributed by atoms with Crippen LogP contribution in [0.2, 0.25) is 0 Å². The summed E-state index contributed by atoms with van der Waals surface area (Å²) in [6, 6.07) is 9.08. The molecule has 0 aliphatic carbocycles. The molecule has 0 unspecified atom stereocenters. The molecule has 1 aromatic carbocycles. The Labute approximate surface area is 106 Å². The Hall–Kier alpha value is -1.13. The van der Waals surface area contributed by atoms with E-state index in [2.05, 4.69) is 15.9 Å². The molecule has 1 aromatic heterocycles. The fraction of sp³-hybridized carbons (Fsp3) is 0.0833. The molecule has 2 N–H and O–H groups in total. The van der Waals surface area contributed by atoms with Gasteiger partial charge in [-0.15, -0.1) is 11.3 Å². The highest BCUT2D eigenvalue weighted by Gasteiger charge is 2.11. The minimum atomic E-state index is 0.0161. The van der Waals surface area contributed by atoms with Gasteiger partial charge in [-0.2, -0.15) is 0 Å². The average Bonchev–Trinajstić information content (AvgIpc) is 2.68. The SMILES string of the molecule is Cc1ccc(C(=O)c2ccc(Br)s2)cc1N. The predicted molar refractivity (Wildman–Crippen MR) is 71.0 cm³/mol. The normalized spacial score (nSPS) is 10.4. The Kier molecular flexibility index (Phi) is 3.12. The monoisotopic (exact) mass is 295 g/mol. The quantitative estimate of drug-likeness (QED) is 0.679. The van der Waals surface area contributed by atoms with Crippen molar-refractivity contribution < 1.29 is 4.79 Å². The van der Waals surface area contributed by atoms with Gasteiger partial charge in [0.05, 0.1) is 8.66 Å². The molecule has 2 rings (SSSR count). The van der Waals surface area contributed by atoms with Crippen LogP contribution < -0.4 is 5.73 Å². The number of rotatable bonds is 2. The number of ketones is 1.